The Labute approximate surface area is 127 Å². The van der Waals surface area contributed by atoms with Gasteiger partial charge in [-0.25, -0.2) is 4.68 Å². The number of nitrogens with zero attached hydrogens (tertiary/aromatic N) is 4. The molecule has 0 spiro atoms. The Morgan fingerprint density at radius 2 is 2.18 bits per heavy atom. The monoisotopic (exact) mass is 302 g/mol. The zero-order valence-corrected chi connectivity index (χ0v) is 12.0. The lowest BCUT2D eigenvalue weighted by molar-refractivity contribution is -0.120. The van der Waals surface area contributed by atoms with E-state index in [-0.39, 0.29) is 17.9 Å². The van der Waals surface area contributed by atoms with Gasteiger partial charge < -0.3 is 15.7 Å². The zero-order valence-electron chi connectivity index (χ0n) is 12.0. The molecule has 1 amide bonds. The molecule has 1 aliphatic heterocycles. The van der Waals surface area contributed by atoms with Gasteiger partial charge in [0.15, 0.2) is 0 Å². The number of nitrogens with one attached hydrogen (secondary N) is 2. The normalized spacial score (nSPS) is 21.0. The second-order valence-electron chi connectivity index (χ2n) is 5.39. The highest BCUT2D eigenvalue weighted by molar-refractivity contribution is 5.78. The quantitative estimate of drug-likeness (QED) is 0.648. The summed E-state index contributed by atoms with van der Waals surface area (Å²) in [7, 11) is 0. The smallest absolute Gasteiger partial charge is 0.224 e. The Balaban J connectivity index is 1.51. The second kappa shape index (κ2) is 6.63. The topological polar surface area (TPSA) is 105 Å². The number of aliphatic hydroxyl groups is 1. The molecule has 1 aromatic carbocycles. The van der Waals surface area contributed by atoms with Gasteiger partial charge in [-0.3, -0.25) is 4.79 Å². The number of β-amino-alcohol motifs (C(OH)–C–C–N with tert-alkyl or cyclic N) is 1. The maximum absolute atomic E-state index is 11.9. The van der Waals surface area contributed by atoms with Crippen molar-refractivity contribution < 1.29 is 9.90 Å². The Morgan fingerprint density at radius 1 is 1.36 bits per heavy atom. The van der Waals surface area contributed by atoms with Crippen molar-refractivity contribution in [1.29, 1.82) is 0 Å². The molecule has 2 unspecified atom stereocenters. The zero-order chi connectivity index (χ0) is 15.4. The highest BCUT2D eigenvalue weighted by Gasteiger charge is 2.24. The summed E-state index contributed by atoms with van der Waals surface area (Å²) in [5.74, 6) is 0.0420. The van der Waals surface area contributed by atoms with Crippen LogP contribution in [0.5, 0.6) is 0 Å². The van der Waals surface area contributed by atoms with Gasteiger partial charge in [0.25, 0.3) is 0 Å². The van der Waals surface area contributed by atoms with E-state index in [1.165, 1.54) is 6.33 Å². The average molecular weight is 302 g/mol. The maximum Gasteiger partial charge on any atom is 0.224 e. The molecular formula is C14H18N6O2. The van der Waals surface area contributed by atoms with Crippen molar-refractivity contribution in [3.05, 3.63) is 36.2 Å². The molecule has 1 fully saturated rings. The highest BCUT2D eigenvalue weighted by atomic mass is 16.3. The third kappa shape index (κ3) is 3.46. The molecule has 2 aromatic rings. The summed E-state index contributed by atoms with van der Waals surface area (Å²) in [5.41, 5.74) is 1.76. The number of benzene rings is 1. The molecule has 1 aliphatic rings. The Bertz CT molecular complexity index is 613. The molecule has 116 valence electrons. The third-order valence-corrected chi connectivity index (χ3v) is 3.78. The third-order valence-electron chi connectivity index (χ3n) is 3.78. The predicted molar refractivity (Wildman–Crippen MR) is 78.2 cm³/mol. The summed E-state index contributed by atoms with van der Waals surface area (Å²) in [6.07, 6.45) is 1.45. The van der Waals surface area contributed by atoms with Crippen molar-refractivity contribution >= 4 is 5.91 Å². The van der Waals surface area contributed by atoms with E-state index in [9.17, 15) is 9.90 Å². The van der Waals surface area contributed by atoms with Crippen LogP contribution in [0.1, 0.15) is 5.56 Å². The van der Waals surface area contributed by atoms with Crippen LogP contribution in [0.3, 0.4) is 0 Å². The van der Waals surface area contributed by atoms with Crippen molar-refractivity contribution in [1.82, 2.24) is 30.8 Å². The number of aromatic nitrogens is 4. The number of hydrogen-bond donors (Lipinski definition) is 3. The summed E-state index contributed by atoms with van der Waals surface area (Å²) in [6.45, 7) is 1.83. The van der Waals surface area contributed by atoms with Gasteiger partial charge >= 0.3 is 0 Å². The van der Waals surface area contributed by atoms with Gasteiger partial charge in [-0.05, 0) is 28.1 Å². The number of carbonyl (C=O) groups is 1. The fraction of sp³-hybridized carbons (Fsp3) is 0.429. The largest absolute Gasteiger partial charge is 0.391 e. The number of amides is 1. The lowest BCUT2D eigenvalue weighted by Gasteiger charge is -2.14. The van der Waals surface area contributed by atoms with Gasteiger partial charge in [0, 0.05) is 25.6 Å². The van der Waals surface area contributed by atoms with Crippen molar-refractivity contribution in [2.24, 2.45) is 5.92 Å². The van der Waals surface area contributed by atoms with E-state index in [0.717, 1.165) is 17.8 Å². The average Bonchev–Trinajstić information content (AvgIpc) is 3.18. The molecule has 8 nitrogen and oxygen atoms in total. The minimum absolute atomic E-state index is 0.0470. The Hall–Kier alpha value is -2.32. The van der Waals surface area contributed by atoms with Crippen LogP contribution < -0.4 is 10.6 Å². The lowest BCUT2D eigenvalue weighted by Crippen LogP contribution is -2.35. The summed E-state index contributed by atoms with van der Waals surface area (Å²) in [4.78, 5) is 11.9. The molecule has 3 N–H and O–H groups in total. The van der Waals surface area contributed by atoms with Crippen LogP contribution in [0.15, 0.2) is 30.6 Å². The molecule has 0 bridgehead atoms. The number of carbonyl (C=O) groups excluding carboxylic acids is 1. The highest BCUT2D eigenvalue weighted by Crippen LogP contribution is 2.09. The van der Waals surface area contributed by atoms with Gasteiger partial charge in [-0.15, -0.1) is 5.10 Å². The predicted octanol–water partition coefficient (Wildman–Crippen LogP) is -1.10. The van der Waals surface area contributed by atoms with Gasteiger partial charge in [0.2, 0.25) is 5.91 Å². The minimum Gasteiger partial charge on any atom is -0.391 e. The molecule has 0 aliphatic carbocycles. The minimum atomic E-state index is -0.379. The molecule has 8 heteroatoms. The van der Waals surface area contributed by atoms with E-state index >= 15 is 0 Å². The summed E-state index contributed by atoms with van der Waals surface area (Å²) in [5, 5.41) is 26.6. The first-order valence-corrected chi connectivity index (χ1v) is 7.20. The Morgan fingerprint density at radius 3 is 2.82 bits per heavy atom. The first-order chi connectivity index (χ1) is 10.7. The first kappa shape index (κ1) is 14.6. The van der Waals surface area contributed by atoms with Crippen LogP contribution in [0, 0.1) is 5.92 Å². The SMILES string of the molecule is O=C(Cc1ccc(-n2cnnn2)cc1)NCC1CNCC1O. The van der Waals surface area contributed by atoms with Gasteiger partial charge in [-0.2, -0.15) is 0 Å². The van der Waals surface area contributed by atoms with Gasteiger partial charge in [-0.1, -0.05) is 12.1 Å². The fourth-order valence-corrected chi connectivity index (χ4v) is 2.47. The number of tetrazole rings is 1. The number of rotatable bonds is 5. The molecule has 3 rings (SSSR count). The van der Waals surface area contributed by atoms with Crippen LogP contribution in [0.25, 0.3) is 5.69 Å². The standard InChI is InChI=1S/C14H18N6O2/c21-13-8-15-6-11(13)7-16-14(22)5-10-1-3-12(4-2-10)20-9-17-18-19-20/h1-4,9,11,13,15,21H,5-8H2,(H,16,22). The number of aliphatic hydroxyl groups excluding tert-OH is 1. The number of hydrogen-bond acceptors (Lipinski definition) is 6. The summed E-state index contributed by atoms with van der Waals surface area (Å²) in [6, 6.07) is 7.48. The van der Waals surface area contributed by atoms with Gasteiger partial charge in [0.1, 0.15) is 6.33 Å². The lowest BCUT2D eigenvalue weighted by atomic mass is 10.1. The fourth-order valence-electron chi connectivity index (χ4n) is 2.47. The Kier molecular flexibility index (Phi) is 4.40. The molecule has 2 atom stereocenters. The second-order valence-corrected chi connectivity index (χ2v) is 5.39. The van der Waals surface area contributed by atoms with Gasteiger partial charge in [0.05, 0.1) is 18.2 Å². The molecule has 0 radical (unpaired) electrons. The molecule has 1 saturated heterocycles. The molecule has 2 heterocycles. The summed E-state index contributed by atoms with van der Waals surface area (Å²) >= 11 is 0. The van der Waals surface area contributed by atoms with E-state index in [2.05, 4.69) is 26.2 Å². The van der Waals surface area contributed by atoms with Crippen LogP contribution >= 0.6 is 0 Å². The van der Waals surface area contributed by atoms with Crippen molar-refractivity contribution in [2.45, 2.75) is 12.5 Å². The van der Waals surface area contributed by atoms with E-state index < -0.39 is 0 Å². The van der Waals surface area contributed by atoms with E-state index in [0.29, 0.717) is 19.5 Å². The van der Waals surface area contributed by atoms with Crippen LogP contribution in [-0.2, 0) is 11.2 Å². The van der Waals surface area contributed by atoms with Crippen LogP contribution in [0.4, 0.5) is 0 Å². The van der Waals surface area contributed by atoms with E-state index in [4.69, 9.17) is 0 Å². The van der Waals surface area contributed by atoms with Crippen molar-refractivity contribution in [3.63, 3.8) is 0 Å². The molecule has 1 aromatic heterocycles. The van der Waals surface area contributed by atoms with Crippen LogP contribution in [-0.4, -0.2) is 57.0 Å². The van der Waals surface area contributed by atoms with E-state index in [1.54, 1.807) is 4.68 Å². The van der Waals surface area contributed by atoms with Crippen molar-refractivity contribution in [3.8, 4) is 5.69 Å². The first-order valence-electron chi connectivity index (χ1n) is 7.20. The van der Waals surface area contributed by atoms with Crippen molar-refractivity contribution in [2.75, 3.05) is 19.6 Å². The summed E-state index contributed by atoms with van der Waals surface area (Å²) < 4.78 is 1.55. The molecule has 0 saturated carbocycles. The maximum atomic E-state index is 11.9. The molecule has 22 heavy (non-hydrogen) atoms. The van der Waals surface area contributed by atoms with Crippen LogP contribution in [0.2, 0.25) is 0 Å². The van der Waals surface area contributed by atoms with E-state index in [1.807, 2.05) is 24.3 Å². The molecular weight excluding hydrogens is 284 g/mol.